The zero-order chi connectivity index (χ0) is 17.3. The van der Waals surface area contributed by atoms with Crippen LogP contribution in [0.1, 0.15) is 59.7 Å². The molecule has 2 atom stereocenters. The van der Waals surface area contributed by atoms with Crippen molar-refractivity contribution in [2.24, 2.45) is 12.5 Å². The second-order valence-electron chi connectivity index (χ2n) is 7.74. The summed E-state index contributed by atoms with van der Waals surface area (Å²) in [6.45, 7) is 6.64. The van der Waals surface area contributed by atoms with E-state index in [4.69, 9.17) is 11.6 Å². The fourth-order valence-corrected chi connectivity index (χ4v) is 5.02. The molecule has 1 saturated carbocycles. The number of rotatable bonds is 2. The van der Waals surface area contributed by atoms with Gasteiger partial charge in [0.05, 0.1) is 17.3 Å². The number of carbonyl (C=O) groups excluding carboxylic acids is 1. The Morgan fingerprint density at radius 1 is 1.42 bits per heavy atom. The summed E-state index contributed by atoms with van der Waals surface area (Å²) in [6.07, 6.45) is 3.61. The number of hydrogen-bond donors (Lipinski definition) is 1. The Kier molecular flexibility index (Phi) is 3.17. The Morgan fingerprint density at radius 3 is 2.83 bits per heavy atom. The lowest BCUT2D eigenvalue weighted by Gasteiger charge is -2.40. The van der Waals surface area contributed by atoms with Crippen LogP contribution in [0.15, 0.2) is 24.4 Å². The van der Waals surface area contributed by atoms with Gasteiger partial charge in [0.25, 0.3) is 5.91 Å². The lowest BCUT2D eigenvalue weighted by atomic mass is 9.73. The van der Waals surface area contributed by atoms with E-state index in [1.807, 2.05) is 0 Å². The molecule has 0 spiro atoms. The van der Waals surface area contributed by atoms with Gasteiger partial charge in [0.1, 0.15) is 5.15 Å². The highest BCUT2D eigenvalue weighted by atomic mass is 35.5. The molecule has 2 aliphatic carbocycles. The van der Waals surface area contributed by atoms with Gasteiger partial charge in [0, 0.05) is 7.05 Å². The van der Waals surface area contributed by atoms with Crippen molar-refractivity contribution in [2.45, 2.75) is 45.1 Å². The Bertz CT molecular complexity index is 854. The van der Waals surface area contributed by atoms with Crippen molar-refractivity contribution in [3.05, 3.63) is 51.8 Å². The summed E-state index contributed by atoms with van der Waals surface area (Å²) in [5.41, 5.74) is 3.97. The number of nitrogens with one attached hydrogen (secondary N) is 1. The molecule has 0 radical (unpaired) electrons. The van der Waals surface area contributed by atoms with Gasteiger partial charge in [-0.05, 0) is 42.2 Å². The third-order valence-electron chi connectivity index (χ3n) is 6.26. The molecule has 0 saturated heterocycles. The molecular formula is C19H22ClN3O. The molecule has 2 unspecified atom stereocenters. The summed E-state index contributed by atoms with van der Waals surface area (Å²) in [7, 11) is 1.74. The largest absolute Gasteiger partial charge is 0.342 e. The number of hydrogen-bond acceptors (Lipinski definition) is 2. The maximum atomic E-state index is 13.0. The molecular weight excluding hydrogens is 322 g/mol. The fraction of sp³-hybridized carbons (Fsp3) is 0.474. The molecule has 1 N–H and O–H groups in total. The number of halogens is 1. The van der Waals surface area contributed by atoms with E-state index in [1.54, 1.807) is 13.2 Å². The summed E-state index contributed by atoms with van der Waals surface area (Å²) in [5.74, 6) is 0.342. The minimum atomic E-state index is -0.338. The van der Waals surface area contributed by atoms with Gasteiger partial charge in [0.2, 0.25) is 0 Å². The molecule has 1 aromatic heterocycles. The first-order chi connectivity index (χ1) is 11.3. The SMILES string of the molecule is Cc1ccc2c(c1)C1(NC(=O)c3cnn(C)c3Cl)CCC2C1(C)C. The van der Waals surface area contributed by atoms with Crippen molar-refractivity contribution in [3.63, 3.8) is 0 Å². The zero-order valence-electron chi connectivity index (χ0n) is 14.5. The number of aryl methyl sites for hydroxylation is 2. The highest BCUT2D eigenvalue weighted by Gasteiger charge is 2.62. The number of benzene rings is 1. The quantitative estimate of drug-likeness (QED) is 0.898. The molecule has 1 amide bonds. The maximum Gasteiger partial charge on any atom is 0.256 e. The molecule has 1 fully saturated rings. The van der Waals surface area contributed by atoms with Crippen LogP contribution in [-0.4, -0.2) is 15.7 Å². The average Bonchev–Trinajstić information content (AvgIpc) is 3.04. The summed E-state index contributed by atoms with van der Waals surface area (Å²) >= 11 is 6.22. The number of carbonyl (C=O) groups is 1. The molecule has 1 aromatic carbocycles. The zero-order valence-corrected chi connectivity index (χ0v) is 15.2. The smallest absolute Gasteiger partial charge is 0.256 e. The van der Waals surface area contributed by atoms with E-state index in [-0.39, 0.29) is 16.9 Å². The summed E-state index contributed by atoms with van der Waals surface area (Å²) in [6, 6.07) is 6.64. The van der Waals surface area contributed by atoms with E-state index in [1.165, 1.54) is 21.4 Å². The van der Waals surface area contributed by atoms with Crippen molar-refractivity contribution in [3.8, 4) is 0 Å². The third kappa shape index (κ3) is 1.80. The molecule has 4 rings (SSSR count). The van der Waals surface area contributed by atoms with Crippen molar-refractivity contribution in [1.29, 1.82) is 0 Å². The first kappa shape index (κ1) is 15.7. The van der Waals surface area contributed by atoms with Crippen LogP contribution in [0.5, 0.6) is 0 Å². The standard InChI is InChI=1S/C19H22ClN3O/c1-11-5-6-12-14-7-8-19(15(12)9-11,18(14,2)3)22-17(24)13-10-21-23(4)16(13)20/h5-6,9-10,14H,7-8H2,1-4H3,(H,22,24). The number of nitrogens with zero attached hydrogens (tertiary/aromatic N) is 2. The van der Waals surface area contributed by atoms with E-state index in [0.717, 1.165) is 12.8 Å². The first-order valence-electron chi connectivity index (χ1n) is 8.39. The van der Waals surface area contributed by atoms with Gasteiger partial charge >= 0.3 is 0 Å². The Hall–Kier alpha value is -1.81. The fourth-order valence-electron chi connectivity index (χ4n) is 4.84. The van der Waals surface area contributed by atoms with Crippen molar-refractivity contribution >= 4 is 17.5 Å². The highest BCUT2D eigenvalue weighted by Crippen LogP contribution is 2.66. The van der Waals surface area contributed by atoms with Crippen LogP contribution >= 0.6 is 11.6 Å². The molecule has 5 heteroatoms. The van der Waals surface area contributed by atoms with Crippen LogP contribution in [0, 0.1) is 12.3 Å². The van der Waals surface area contributed by atoms with Gasteiger partial charge in [0.15, 0.2) is 0 Å². The Labute approximate surface area is 147 Å². The molecule has 1 heterocycles. The van der Waals surface area contributed by atoms with Crippen molar-refractivity contribution < 1.29 is 4.79 Å². The van der Waals surface area contributed by atoms with E-state index >= 15 is 0 Å². The van der Waals surface area contributed by atoms with E-state index in [9.17, 15) is 4.79 Å². The van der Waals surface area contributed by atoms with Crippen molar-refractivity contribution in [2.75, 3.05) is 0 Å². The van der Waals surface area contributed by atoms with Gasteiger partial charge in [-0.2, -0.15) is 5.10 Å². The first-order valence-corrected chi connectivity index (χ1v) is 8.77. The van der Waals surface area contributed by atoms with E-state index in [0.29, 0.717) is 16.6 Å². The number of aromatic nitrogens is 2. The van der Waals surface area contributed by atoms with E-state index < -0.39 is 0 Å². The minimum Gasteiger partial charge on any atom is -0.342 e. The molecule has 2 bridgehead atoms. The lowest BCUT2D eigenvalue weighted by Crippen LogP contribution is -2.51. The molecule has 2 aliphatic rings. The second kappa shape index (κ2) is 4.85. The molecule has 24 heavy (non-hydrogen) atoms. The summed E-state index contributed by atoms with van der Waals surface area (Å²) in [4.78, 5) is 13.0. The monoisotopic (exact) mass is 343 g/mol. The lowest BCUT2D eigenvalue weighted by molar-refractivity contribution is 0.0809. The predicted molar refractivity (Wildman–Crippen MR) is 94.3 cm³/mol. The van der Waals surface area contributed by atoms with Crippen LogP contribution in [-0.2, 0) is 12.6 Å². The van der Waals surface area contributed by atoms with Crippen LogP contribution in [0.3, 0.4) is 0 Å². The maximum absolute atomic E-state index is 13.0. The highest BCUT2D eigenvalue weighted by molar-refractivity contribution is 6.32. The minimum absolute atomic E-state index is 0.0204. The van der Waals surface area contributed by atoms with Crippen LogP contribution in [0.25, 0.3) is 0 Å². The van der Waals surface area contributed by atoms with Crippen LogP contribution in [0.4, 0.5) is 0 Å². The number of amides is 1. The molecule has 0 aliphatic heterocycles. The van der Waals surface area contributed by atoms with Gasteiger partial charge in [-0.3, -0.25) is 9.48 Å². The van der Waals surface area contributed by atoms with Gasteiger partial charge in [-0.1, -0.05) is 49.2 Å². The molecule has 4 nitrogen and oxygen atoms in total. The Morgan fingerprint density at radius 2 is 2.17 bits per heavy atom. The van der Waals surface area contributed by atoms with Crippen LogP contribution < -0.4 is 5.32 Å². The van der Waals surface area contributed by atoms with Gasteiger partial charge in [-0.25, -0.2) is 0 Å². The molecule has 126 valence electrons. The van der Waals surface area contributed by atoms with Gasteiger partial charge in [-0.15, -0.1) is 0 Å². The van der Waals surface area contributed by atoms with Gasteiger partial charge < -0.3 is 5.32 Å². The Balaban J connectivity index is 1.80. The topological polar surface area (TPSA) is 46.9 Å². The summed E-state index contributed by atoms with van der Waals surface area (Å²) in [5, 5.41) is 7.81. The van der Waals surface area contributed by atoms with Crippen LogP contribution in [0.2, 0.25) is 5.15 Å². The van der Waals surface area contributed by atoms with E-state index in [2.05, 4.69) is 49.4 Å². The predicted octanol–water partition coefficient (Wildman–Crippen LogP) is 3.92. The average molecular weight is 344 g/mol. The second-order valence-corrected chi connectivity index (χ2v) is 8.09. The van der Waals surface area contributed by atoms with Crippen molar-refractivity contribution in [1.82, 2.24) is 15.1 Å². The molecule has 2 aromatic rings. The number of fused-ring (bicyclic) bond motifs is 5. The normalized spacial score (nSPS) is 26.5. The third-order valence-corrected chi connectivity index (χ3v) is 6.71. The summed E-state index contributed by atoms with van der Waals surface area (Å²) < 4.78 is 1.52.